The van der Waals surface area contributed by atoms with Crippen LogP contribution in [0.4, 0.5) is 34.5 Å². The van der Waals surface area contributed by atoms with Crippen LogP contribution in [-0.2, 0) is 9.59 Å². The van der Waals surface area contributed by atoms with Crippen LogP contribution in [0, 0.1) is 0 Å². The zero-order valence-corrected chi connectivity index (χ0v) is 28.0. The second-order valence-corrected chi connectivity index (χ2v) is 13.7. The maximum atomic E-state index is 13.6. The van der Waals surface area contributed by atoms with Crippen molar-refractivity contribution in [2.45, 2.75) is 9.79 Å². The lowest BCUT2D eigenvalue weighted by atomic mass is 10.1. The molecular formula is C42H26N2O4S2. The van der Waals surface area contributed by atoms with Gasteiger partial charge in [-0.15, -0.1) is 0 Å². The van der Waals surface area contributed by atoms with E-state index >= 15 is 0 Å². The molecule has 4 heterocycles. The molecule has 9 rings (SSSR count). The Morgan fingerprint density at radius 1 is 0.400 bits per heavy atom. The normalized spacial score (nSPS) is 13.4. The molecule has 0 fully saturated rings. The summed E-state index contributed by atoms with van der Waals surface area (Å²) in [7, 11) is 0. The first kappa shape index (κ1) is 30.1. The lowest BCUT2D eigenvalue weighted by Gasteiger charge is -2.22. The fraction of sp³-hybridized carbons (Fsp3) is 0. The van der Waals surface area contributed by atoms with E-state index in [1.165, 1.54) is 0 Å². The lowest BCUT2D eigenvalue weighted by molar-refractivity contribution is -0.107. The van der Waals surface area contributed by atoms with Crippen LogP contribution in [0.3, 0.4) is 0 Å². The number of thioether (sulfide) groups is 2. The number of hydrogen-bond acceptors (Lipinski definition) is 8. The highest BCUT2D eigenvalue weighted by Crippen LogP contribution is 2.41. The fourth-order valence-electron chi connectivity index (χ4n) is 6.39. The molecule has 8 heteroatoms. The van der Waals surface area contributed by atoms with Crippen molar-refractivity contribution >= 4 is 79.4 Å². The lowest BCUT2D eigenvalue weighted by Crippen LogP contribution is -2.15. The Hall–Kier alpha value is -5.96. The summed E-state index contributed by atoms with van der Waals surface area (Å²) >= 11 is 2.30. The molecule has 0 spiro atoms. The Kier molecular flexibility index (Phi) is 7.53. The van der Waals surface area contributed by atoms with Crippen molar-refractivity contribution in [3.8, 4) is 0 Å². The molecule has 6 nitrogen and oxygen atoms in total. The summed E-state index contributed by atoms with van der Waals surface area (Å²) in [5, 5.41) is 1.31. The molecule has 0 aliphatic carbocycles. The zero-order valence-electron chi connectivity index (χ0n) is 26.4. The summed E-state index contributed by atoms with van der Waals surface area (Å²) in [6.07, 6.45) is 0. The average Bonchev–Trinajstić information content (AvgIpc) is 3.95. The maximum absolute atomic E-state index is 13.6. The number of anilines is 6. The number of carbonyl (C=O) groups is 2. The van der Waals surface area contributed by atoms with Crippen molar-refractivity contribution in [1.82, 2.24) is 0 Å². The van der Waals surface area contributed by atoms with Gasteiger partial charge in [0.05, 0.1) is 11.1 Å². The Labute approximate surface area is 296 Å². The van der Waals surface area contributed by atoms with Gasteiger partial charge in [-0.3, -0.25) is 19.4 Å². The minimum atomic E-state index is -0.102. The molecule has 7 aromatic rings. The van der Waals surface area contributed by atoms with Gasteiger partial charge in [-0.25, -0.2) is 0 Å². The number of fused-ring (bicyclic) bond motifs is 2. The number of furan rings is 2. The van der Waals surface area contributed by atoms with Crippen molar-refractivity contribution in [3.63, 3.8) is 0 Å². The molecule has 0 saturated heterocycles. The molecule has 5 aromatic carbocycles. The van der Waals surface area contributed by atoms with Gasteiger partial charge in [0.2, 0.25) is 22.0 Å². The number of hydrogen-bond donors (Lipinski definition) is 0. The van der Waals surface area contributed by atoms with Crippen molar-refractivity contribution in [1.29, 1.82) is 0 Å². The third-order valence-corrected chi connectivity index (χ3v) is 10.5. The fourth-order valence-corrected chi connectivity index (χ4v) is 8.31. The van der Waals surface area contributed by atoms with Crippen LogP contribution >= 0.6 is 23.5 Å². The van der Waals surface area contributed by atoms with E-state index in [1.54, 1.807) is 0 Å². The monoisotopic (exact) mass is 686 g/mol. The zero-order chi connectivity index (χ0) is 33.6. The van der Waals surface area contributed by atoms with Crippen LogP contribution in [-0.4, -0.2) is 10.2 Å². The smallest absolute Gasteiger partial charge is 0.228 e. The first-order chi connectivity index (χ1) is 24.6. The van der Waals surface area contributed by atoms with Crippen molar-refractivity contribution < 1.29 is 18.4 Å². The van der Waals surface area contributed by atoms with Gasteiger partial charge in [-0.05, 0) is 96.3 Å². The van der Waals surface area contributed by atoms with E-state index in [0.29, 0.717) is 34.4 Å². The number of benzene rings is 5. The summed E-state index contributed by atoms with van der Waals surface area (Å²) in [6.45, 7) is 0. The standard InChI is InChI=1S/C42H26N2O4S2/c45-41-39(33-21-23-37(47-33)43(27-13-5-1-6-14-27)28-15-7-2-8-16-28)31-25-36-32(26-35(31)49-41)40(42(46)50-36)34-22-24-38(48-34)44(29-17-9-3-10-18-29)30-19-11-4-12-20-30/h1-26H. The maximum Gasteiger partial charge on any atom is 0.228 e. The van der Waals surface area contributed by atoms with Crippen LogP contribution in [0.5, 0.6) is 0 Å². The van der Waals surface area contributed by atoms with Crippen molar-refractivity contribution in [2.75, 3.05) is 9.80 Å². The van der Waals surface area contributed by atoms with E-state index in [1.807, 2.05) is 168 Å². The van der Waals surface area contributed by atoms with E-state index < -0.39 is 0 Å². The van der Waals surface area contributed by atoms with Crippen LogP contribution in [0.2, 0.25) is 0 Å². The molecule has 0 atom stereocenters. The summed E-state index contributed by atoms with van der Waals surface area (Å²) in [4.78, 5) is 32.8. The third-order valence-electron chi connectivity index (χ3n) is 8.61. The number of carbonyl (C=O) groups excluding carboxylic acids is 2. The van der Waals surface area contributed by atoms with Crippen LogP contribution in [0.25, 0.3) is 11.1 Å². The summed E-state index contributed by atoms with van der Waals surface area (Å²) in [5.41, 5.74) is 4.72. The highest BCUT2D eigenvalue weighted by Gasteiger charge is 2.32. The SMILES string of the molecule is O=C1Sc2cc3c(cc2=C1c1ccc(N(c2ccccc2)c2ccccc2)o1)SC(=O)C=3c1ccc(N(c2ccccc2)c2ccccc2)o1. The number of para-hydroxylation sites is 4. The quantitative estimate of drug-likeness (QED) is 0.157. The van der Waals surface area contributed by atoms with Gasteiger partial charge in [-0.2, -0.15) is 0 Å². The minimum absolute atomic E-state index is 0.102. The van der Waals surface area contributed by atoms with Crippen LogP contribution in [0.15, 0.2) is 176 Å². The number of nitrogens with zero attached hydrogens (tertiary/aromatic N) is 2. The summed E-state index contributed by atoms with van der Waals surface area (Å²) in [5.74, 6) is 2.13. The highest BCUT2D eigenvalue weighted by molar-refractivity contribution is 8.15. The number of rotatable bonds is 8. The van der Waals surface area contributed by atoms with Crippen molar-refractivity contribution in [2.24, 2.45) is 0 Å². The van der Waals surface area contributed by atoms with Crippen LogP contribution in [0.1, 0.15) is 11.5 Å². The molecular weight excluding hydrogens is 661 g/mol. The third kappa shape index (κ3) is 5.26. The Balaban J connectivity index is 1.12. The average molecular weight is 687 g/mol. The van der Waals surface area contributed by atoms with Gasteiger partial charge in [0, 0.05) is 55.1 Å². The van der Waals surface area contributed by atoms with Gasteiger partial charge < -0.3 is 8.83 Å². The van der Waals surface area contributed by atoms with E-state index in [4.69, 9.17) is 8.83 Å². The molecule has 0 amide bonds. The molecule has 50 heavy (non-hydrogen) atoms. The minimum Gasteiger partial charge on any atom is -0.440 e. The van der Waals surface area contributed by atoms with Crippen LogP contribution < -0.4 is 20.2 Å². The first-order valence-electron chi connectivity index (χ1n) is 16.0. The summed E-state index contributed by atoms with van der Waals surface area (Å²) < 4.78 is 12.9. The molecule has 0 bridgehead atoms. The molecule has 0 saturated carbocycles. The van der Waals surface area contributed by atoms with E-state index in [-0.39, 0.29) is 10.2 Å². The second-order valence-electron chi connectivity index (χ2n) is 11.7. The molecule has 2 aromatic heterocycles. The molecule has 0 radical (unpaired) electrons. The molecule has 2 aliphatic rings. The molecule has 2 aliphatic heterocycles. The predicted molar refractivity (Wildman–Crippen MR) is 199 cm³/mol. The Morgan fingerprint density at radius 2 is 0.720 bits per heavy atom. The van der Waals surface area contributed by atoms with E-state index in [9.17, 15) is 9.59 Å². The largest absolute Gasteiger partial charge is 0.440 e. The van der Waals surface area contributed by atoms with Gasteiger partial charge in [0.1, 0.15) is 11.5 Å². The van der Waals surface area contributed by atoms with E-state index in [2.05, 4.69) is 0 Å². The first-order valence-corrected chi connectivity index (χ1v) is 17.6. The predicted octanol–water partition coefficient (Wildman–Crippen LogP) is 9.47. The van der Waals surface area contributed by atoms with E-state index in [0.717, 1.165) is 66.5 Å². The Bertz CT molecular complexity index is 2270. The van der Waals surface area contributed by atoms with Crippen molar-refractivity contribution in [3.05, 3.63) is 180 Å². The second kappa shape index (κ2) is 12.5. The Morgan fingerprint density at radius 3 is 1.04 bits per heavy atom. The van der Waals surface area contributed by atoms with Gasteiger partial charge in [-0.1, -0.05) is 72.8 Å². The highest BCUT2D eigenvalue weighted by atomic mass is 32.2. The molecule has 0 N–H and O–H groups in total. The molecule has 0 unspecified atom stereocenters. The van der Waals surface area contributed by atoms with Gasteiger partial charge >= 0.3 is 0 Å². The molecule has 240 valence electrons. The van der Waals surface area contributed by atoms with Gasteiger partial charge in [0.15, 0.2) is 0 Å². The topological polar surface area (TPSA) is 66.9 Å². The van der Waals surface area contributed by atoms with Gasteiger partial charge in [0.25, 0.3) is 0 Å². The summed E-state index contributed by atoms with van der Waals surface area (Å²) in [6, 6.07) is 51.2.